The van der Waals surface area contributed by atoms with Crippen molar-refractivity contribution in [2.24, 2.45) is 7.05 Å². The van der Waals surface area contributed by atoms with E-state index in [2.05, 4.69) is 10.3 Å². The number of pyridine rings is 1. The molecule has 1 N–H and O–H groups in total. The summed E-state index contributed by atoms with van der Waals surface area (Å²) in [5, 5.41) is 3.14. The highest BCUT2D eigenvalue weighted by molar-refractivity contribution is 6.08. The number of benzene rings is 1. The molecule has 0 spiro atoms. The summed E-state index contributed by atoms with van der Waals surface area (Å²) in [4.78, 5) is 18.8. The first kappa shape index (κ1) is 20.1. The van der Waals surface area contributed by atoms with Crippen molar-refractivity contribution >= 4 is 28.3 Å². The summed E-state index contributed by atoms with van der Waals surface area (Å²) in [6.07, 6.45) is -1.75. The van der Waals surface area contributed by atoms with Crippen LogP contribution in [0.1, 0.15) is 15.9 Å². The molecule has 2 aromatic heterocycles. The molecular formula is C20H18F4N4O2. The second-order valence-electron chi connectivity index (χ2n) is 6.90. The second kappa shape index (κ2) is 7.60. The highest BCUT2D eigenvalue weighted by atomic mass is 19.4. The number of morpholine rings is 1. The van der Waals surface area contributed by atoms with Gasteiger partial charge in [0.15, 0.2) is 5.82 Å². The highest BCUT2D eigenvalue weighted by Crippen LogP contribution is 2.36. The first-order valence-electron chi connectivity index (χ1n) is 9.21. The number of aryl methyl sites for hydroxylation is 1. The monoisotopic (exact) mass is 422 g/mol. The molecule has 1 aliphatic heterocycles. The van der Waals surface area contributed by atoms with Crippen LogP contribution in [0, 0.1) is 5.82 Å². The van der Waals surface area contributed by atoms with Crippen molar-refractivity contribution in [1.29, 1.82) is 0 Å². The number of aromatic nitrogens is 2. The van der Waals surface area contributed by atoms with Crippen molar-refractivity contribution < 1.29 is 27.1 Å². The minimum Gasteiger partial charge on any atom is -0.378 e. The van der Waals surface area contributed by atoms with Gasteiger partial charge < -0.3 is 19.5 Å². The van der Waals surface area contributed by atoms with Crippen LogP contribution in [0.25, 0.3) is 10.9 Å². The lowest BCUT2D eigenvalue weighted by Gasteiger charge is -2.27. The third-order valence-corrected chi connectivity index (χ3v) is 4.99. The van der Waals surface area contributed by atoms with Gasteiger partial charge in [0, 0.05) is 37.9 Å². The fourth-order valence-corrected chi connectivity index (χ4v) is 3.48. The van der Waals surface area contributed by atoms with Crippen LogP contribution < -0.4 is 5.32 Å². The Morgan fingerprint density at radius 1 is 1.20 bits per heavy atom. The zero-order valence-corrected chi connectivity index (χ0v) is 16.0. The molecule has 3 aromatic rings. The smallest absolute Gasteiger partial charge is 0.378 e. The van der Waals surface area contributed by atoms with E-state index in [9.17, 15) is 22.4 Å². The summed E-state index contributed by atoms with van der Waals surface area (Å²) < 4.78 is 60.4. The van der Waals surface area contributed by atoms with Crippen LogP contribution in [0.2, 0.25) is 0 Å². The van der Waals surface area contributed by atoms with E-state index in [1.54, 1.807) is 28.8 Å². The predicted molar refractivity (Wildman–Crippen MR) is 102 cm³/mol. The number of rotatable bonds is 3. The van der Waals surface area contributed by atoms with Gasteiger partial charge >= 0.3 is 6.18 Å². The zero-order chi connectivity index (χ0) is 21.5. The third kappa shape index (κ3) is 3.58. The van der Waals surface area contributed by atoms with Gasteiger partial charge in [-0.2, -0.15) is 13.2 Å². The molecule has 0 saturated carbocycles. The number of amides is 1. The molecule has 1 amide bonds. The molecule has 0 atom stereocenters. The Labute approximate surface area is 169 Å². The molecule has 10 heteroatoms. The number of hydrogen-bond donors (Lipinski definition) is 1. The molecule has 6 nitrogen and oxygen atoms in total. The Bertz CT molecular complexity index is 1100. The maximum absolute atomic E-state index is 14.4. The largest absolute Gasteiger partial charge is 0.419 e. The number of fused-ring (bicyclic) bond motifs is 1. The molecule has 0 unspecified atom stereocenters. The Balaban J connectivity index is 1.73. The Morgan fingerprint density at radius 2 is 1.93 bits per heavy atom. The van der Waals surface area contributed by atoms with E-state index in [0.717, 1.165) is 6.07 Å². The van der Waals surface area contributed by atoms with Crippen molar-refractivity contribution in [2.45, 2.75) is 6.18 Å². The molecule has 30 heavy (non-hydrogen) atoms. The minimum atomic E-state index is -4.81. The zero-order valence-electron chi connectivity index (χ0n) is 16.0. The van der Waals surface area contributed by atoms with E-state index in [-0.39, 0.29) is 17.4 Å². The van der Waals surface area contributed by atoms with Gasteiger partial charge in [0.1, 0.15) is 5.82 Å². The topological polar surface area (TPSA) is 59.4 Å². The molecule has 1 fully saturated rings. The van der Waals surface area contributed by atoms with E-state index in [1.807, 2.05) is 0 Å². The maximum Gasteiger partial charge on any atom is 0.419 e. The molecule has 0 aliphatic carbocycles. The van der Waals surface area contributed by atoms with Crippen LogP contribution in [-0.2, 0) is 18.0 Å². The van der Waals surface area contributed by atoms with Gasteiger partial charge in [-0.25, -0.2) is 9.37 Å². The number of carbonyl (C=O) groups excluding carboxylic acids is 1. The summed E-state index contributed by atoms with van der Waals surface area (Å²) in [6.45, 7) is 1.81. The van der Waals surface area contributed by atoms with Crippen molar-refractivity contribution in [1.82, 2.24) is 14.5 Å². The van der Waals surface area contributed by atoms with Crippen molar-refractivity contribution in [3.05, 3.63) is 53.6 Å². The molecule has 0 bridgehead atoms. The third-order valence-electron chi connectivity index (χ3n) is 4.99. The van der Waals surface area contributed by atoms with E-state index in [0.29, 0.717) is 48.8 Å². The number of nitrogens with zero attached hydrogens (tertiary/aromatic N) is 3. The number of ether oxygens (including phenoxy) is 1. The molecule has 1 aromatic carbocycles. The number of alkyl halides is 3. The van der Waals surface area contributed by atoms with Gasteiger partial charge in [-0.05, 0) is 18.2 Å². The molecular weight excluding hydrogens is 404 g/mol. The summed E-state index contributed by atoms with van der Waals surface area (Å²) in [5.74, 6) is -1.47. The lowest BCUT2D eigenvalue weighted by Crippen LogP contribution is -2.40. The van der Waals surface area contributed by atoms with E-state index in [1.165, 1.54) is 12.3 Å². The first-order valence-corrected chi connectivity index (χ1v) is 9.21. The normalized spacial score (nSPS) is 14.9. The van der Waals surface area contributed by atoms with Crippen molar-refractivity contribution in [3.8, 4) is 0 Å². The van der Waals surface area contributed by atoms with Crippen LogP contribution in [-0.4, -0.2) is 46.7 Å². The fourth-order valence-electron chi connectivity index (χ4n) is 3.48. The average molecular weight is 422 g/mol. The number of hydrogen-bond acceptors (Lipinski definition) is 4. The summed E-state index contributed by atoms with van der Waals surface area (Å²) >= 11 is 0. The van der Waals surface area contributed by atoms with Crippen LogP contribution >= 0.6 is 0 Å². The predicted octanol–water partition coefficient (Wildman–Crippen LogP) is 3.95. The van der Waals surface area contributed by atoms with Gasteiger partial charge in [0.05, 0.1) is 35.5 Å². The first-order chi connectivity index (χ1) is 14.3. The fraction of sp³-hybridized carbons (Fsp3) is 0.300. The summed E-state index contributed by atoms with van der Waals surface area (Å²) in [6, 6.07) is 4.67. The van der Waals surface area contributed by atoms with E-state index in [4.69, 9.17) is 4.74 Å². The molecule has 1 aliphatic rings. The second-order valence-corrected chi connectivity index (χ2v) is 6.90. The molecule has 1 saturated heterocycles. The summed E-state index contributed by atoms with van der Waals surface area (Å²) in [5.41, 5.74) is -0.809. The Morgan fingerprint density at radius 3 is 2.63 bits per heavy atom. The number of nitrogens with one attached hydrogen (secondary N) is 1. The van der Waals surface area contributed by atoms with Gasteiger partial charge in [0.25, 0.3) is 5.91 Å². The molecule has 4 rings (SSSR count). The van der Waals surface area contributed by atoms with Crippen LogP contribution in [0.4, 0.5) is 29.1 Å². The summed E-state index contributed by atoms with van der Waals surface area (Å²) in [7, 11) is 1.74. The molecule has 0 radical (unpaired) electrons. The average Bonchev–Trinajstić information content (AvgIpc) is 3.11. The molecule has 158 valence electrons. The SMILES string of the molecule is Cn1ccc2c(Nc3cccc(C(F)(F)F)c3F)ncc(C(=O)N3CCOCC3)c21. The Hall–Kier alpha value is -3.14. The van der Waals surface area contributed by atoms with Gasteiger partial charge in [0.2, 0.25) is 0 Å². The van der Waals surface area contributed by atoms with Crippen molar-refractivity contribution in [2.75, 3.05) is 31.6 Å². The quantitative estimate of drug-likeness (QED) is 0.650. The lowest BCUT2D eigenvalue weighted by molar-refractivity contribution is -0.139. The Kier molecular flexibility index (Phi) is 5.10. The van der Waals surface area contributed by atoms with E-state index >= 15 is 0 Å². The number of carbonyl (C=O) groups is 1. The van der Waals surface area contributed by atoms with Gasteiger partial charge in [-0.15, -0.1) is 0 Å². The van der Waals surface area contributed by atoms with Gasteiger partial charge in [-0.3, -0.25) is 4.79 Å². The van der Waals surface area contributed by atoms with Gasteiger partial charge in [-0.1, -0.05) is 6.07 Å². The lowest BCUT2D eigenvalue weighted by atomic mass is 10.1. The van der Waals surface area contributed by atoms with Crippen LogP contribution in [0.3, 0.4) is 0 Å². The van der Waals surface area contributed by atoms with Crippen LogP contribution in [0.15, 0.2) is 36.7 Å². The number of anilines is 2. The van der Waals surface area contributed by atoms with Crippen LogP contribution in [0.5, 0.6) is 0 Å². The van der Waals surface area contributed by atoms with E-state index < -0.39 is 17.6 Å². The van der Waals surface area contributed by atoms with Crippen molar-refractivity contribution in [3.63, 3.8) is 0 Å². The highest BCUT2D eigenvalue weighted by Gasteiger charge is 2.35. The molecule has 3 heterocycles. The minimum absolute atomic E-state index is 0.155. The standard InChI is InChI=1S/C20H18F4N4O2/c1-27-6-5-12-17(27)13(19(29)28-7-9-30-10-8-28)11-25-18(12)26-15-4-2-3-14(16(15)21)20(22,23)24/h2-6,11H,7-10H2,1H3,(H,25,26). The maximum atomic E-state index is 14.4. The number of halogens is 4.